The third-order valence-corrected chi connectivity index (χ3v) is 4.10. The zero-order valence-corrected chi connectivity index (χ0v) is 14.3. The highest BCUT2D eigenvalue weighted by Gasteiger charge is 2.20. The fourth-order valence-corrected chi connectivity index (χ4v) is 2.66. The zero-order valence-electron chi connectivity index (χ0n) is 14.3. The Kier molecular flexibility index (Phi) is 5.12. The van der Waals surface area contributed by atoms with Crippen LogP contribution >= 0.6 is 0 Å². The molecule has 1 aromatic heterocycles. The molecule has 132 valence electrons. The molecule has 0 saturated carbocycles. The predicted molar refractivity (Wildman–Crippen MR) is 98.9 cm³/mol. The number of nitrogens with zero attached hydrogens (tertiary/aromatic N) is 1. The van der Waals surface area contributed by atoms with Gasteiger partial charge in [-0.2, -0.15) is 0 Å². The average Bonchev–Trinajstić information content (AvgIpc) is 2.67. The van der Waals surface area contributed by atoms with E-state index in [9.17, 15) is 9.59 Å². The van der Waals surface area contributed by atoms with Crippen molar-refractivity contribution in [3.8, 4) is 5.75 Å². The molecule has 0 fully saturated rings. The first-order chi connectivity index (χ1) is 12.6. The van der Waals surface area contributed by atoms with Gasteiger partial charge in [-0.1, -0.05) is 30.3 Å². The summed E-state index contributed by atoms with van der Waals surface area (Å²) in [5.41, 5.74) is 7.51. The number of rotatable bonds is 6. The van der Waals surface area contributed by atoms with Gasteiger partial charge < -0.3 is 15.8 Å². The lowest BCUT2D eigenvalue weighted by Gasteiger charge is -2.16. The number of methoxy groups -OCH3 is 1. The first kappa shape index (κ1) is 17.4. The molecule has 1 heterocycles. The maximum absolute atomic E-state index is 12.5. The largest absolute Gasteiger partial charge is 0.497 e. The molecule has 0 unspecified atom stereocenters. The SMILES string of the molecule is COc1ccc(C[C@H](NC(=O)c2cnc3ccccc3c2)C(N)=O)cc1. The summed E-state index contributed by atoms with van der Waals surface area (Å²) in [6.45, 7) is 0. The van der Waals surface area contributed by atoms with Crippen molar-refractivity contribution in [1.29, 1.82) is 0 Å². The van der Waals surface area contributed by atoms with Crippen molar-refractivity contribution >= 4 is 22.7 Å². The van der Waals surface area contributed by atoms with Gasteiger partial charge >= 0.3 is 0 Å². The zero-order chi connectivity index (χ0) is 18.5. The van der Waals surface area contributed by atoms with Gasteiger partial charge in [-0.05, 0) is 29.8 Å². The van der Waals surface area contributed by atoms with E-state index in [0.29, 0.717) is 12.0 Å². The van der Waals surface area contributed by atoms with Gasteiger partial charge in [0.1, 0.15) is 11.8 Å². The van der Waals surface area contributed by atoms with Gasteiger partial charge in [-0.3, -0.25) is 14.6 Å². The molecule has 0 spiro atoms. The number of primary amides is 1. The van der Waals surface area contributed by atoms with Crippen LogP contribution in [0.1, 0.15) is 15.9 Å². The van der Waals surface area contributed by atoms with Gasteiger partial charge in [0.15, 0.2) is 0 Å². The quantitative estimate of drug-likeness (QED) is 0.712. The maximum Gasteiger partial charge on any atom is 0.253 e. The van der Waals surface area contributed by atoms with Crippen molar-refractivity contribution in [3.05, 3.63) is 71.9 Å². The molecule has 0 aliphatic rings. The van der Waals surface area contributed by atoms with Gasteiger partial charge in [0.25, 0.3) is 5.91 Å². The normalized spacial score (nSPS) is 11.7. The molecule has 0 aliphatic heterocycles. The number of nitrogens with two attached hydrogens (primary N) is 1. The minimum absolute atomic E-state index is 0.298. The summed E-state index contributed by atoms with van der Waals surface area (Å²) in [4.78, 5) is 28.6. The smallest absolute Gasteiger partial charge is 0.253 e. The molecule has 1 atom stereocenters. The van der Waals surface area contributed by atoms with Crippen LogP contribution in [0.3, 0.4) is 0 Å². The number of amides is 2. The molecule has 0 saturated heterocycles. The summed E-state index contributed by atoms with van der Waals surface area (Å²) >= 11 is 0. The van der Waals surface area contributed by atoms with Crippen molar-refractivity contribution in [3.63, 3.8) is 0 Å². The monoisotopic (exact) mass is 349 g/mol. The highest BCUT2D eigenvalue weighted by molar-refractivity contribution is 5.99. The number of fused-ring (bicyclic) bond motifs is 1. The number of carbonyl (C=O) groups is 2. The third-order valence-electron chi connectivity index (χ3n) is 4.10. The van der Waals surface area contributed by atoms with Crippen LogP contribution in [0.15, 0.2) is 60.8 Å². The molecule has 2 amide bonds. The number of carbonyl (C=O) groups excluding carboxylic acids is 2. The molecule has 3 N–H and O–H groups in total. The number of hydrogen-bond acceptors (Lipinski definition) is 4. The molecule has 6 nitrogen and oxygen atoms in total. The first-order valence-electron chi connectivity index (χ1n) is 8.14. The van der Waals surface area contributed by atoms with Crippen LogP contribution in [0.5, 0.6) is 5.75 Å². The van der Waals surface area contributed by atoms with E-state index in [1.54, 1.807) is 25.3 Å². The predicted octanol–water partition coefficient (Wildman–Crippen LogP) is 2.07. The van der Waals surface area contributed by atoms with E-state index in [4.69, 9.17) is 10.5 Å². The molecule has 3 rings (SSSR count). The fraction of sp³-hybridized carbons (Fsp3) is 0.150. The first-order valence-corrected chi connectivity index (χ1v) is 8.14. The second-order valence-corrected chi connectivity index (χ2v) is 5.90. The summed E-state index contributed by atoms with van der Waals surface area (Å²) < 4.78 is 5.11. The van der Waals surface area contributed by atoms with Gasteiger partial charge in [0, 0.05) is 18.0 Å². The lowest BCUT2D eigenvalue weighted by molar-refractivity contribution is -0.119. The summed E-state index contributed by atoms with van der Waals surface area (Å²) in [6.07, 6.45) is 1.79. The van der Waals surface area contributed by atoms with E-state index < -0.39 is 11.9 Å². The highest BCUT2D eigenvalue weighted by Crippen LogP contribution is 2.14. The third kappa shape index (κ3) is 3.97. The van der Waals surface area contributed by atoms with Crippen LogP contribution in [-0.4, -0.2) is 29.9 Å². The lowest BCUT2D eigenvalue weighted by atomic mass is 10.0. The Morgan fingerprint density at radius 1 is 1.15 bits per heavy atom. The van der Waals surface area contributed by atoms with Crippen molar-refractivity contribution in [2.75, 3.05) is 7.11 Å². The number of hydrogen-bond donors (Lipinski definition) is 2. The average molecular weight is 349 g/mol. The molecule has 26 heavy (non-hydrogen) atoms. The molecule has 0 aliphatic carbocycles. The summed E-state index contributed by atoms with van der Waals surface area (Å²) in [5, 5.41) is 3.54. The minimum Gasteiger partial charge on any atom is -0.497 e. The molecule has 0 radical (unpaired) electrons. The van der Waals surface area contributed by atoms with E-state index in [-0.39, 0.29) is 5.91 Å². The second-order valence-electron chi connectivity index (χ2n) is 5.90. The van der Waals surface area contributed by atoms with Crippen LogP contribution in [0, 0.1) is 0 Å². The van der Waals surface area contributed by atoms with E-state index in [0.717, 1.165) is 22.2 Å². The van der Waals surface area contributed by atoms with Crippen LogP contribution in [0.2, 0.25) is 0 Å². The second kappa shape index (κ2) is 7.65. The molecule has 0 bridgehead atoms. The van der Waals surface area contributed by atoms with Crippen LogP contribution < -0.4 is 15.8 Å². The van der Waals surface area contributed by atoms with Crippen molar-refractivity contribution in [1.82, 2.24) is 10.3 Å². The van der Waals surface area contributed by atoms with Crippen molar-refractivity contribution in [2.45, 2.75) is 12.5 Å². The summed E-state index contributed by atoms with van der Waals surface area (Å²) in [5.74, 6) is -0.265. The molecular formula is C20H19N3O3. The Morgan fingerprint density at radius 3 is 2.58 bits per heavy atom. The molecular weight excluding hydrogens is 330 g/mol. The minimum atomic E-state index is -0.817. The number of ether oxygens (including phenoxy) is 1. The maximum atomic E-state index is 12.5. The van der Waals surface area contributed by atoms with Gasteiger partial charge in [-0.25, -0.2) is 0 Å². The number of benzene rings is 2. The Labute approximate surface area is 151 Å². The topological polar surface area (TPSA) is 94.3 Å². The van der Waals surface area contributed by atoms with Gasteiger partial charge in [0.05, 0.1) is 18.2 Å². The Balaban J connectivity index is 1.75. The van der Waals surface area contributed by atoms with Crippen LogP contribution in [0.4, 0.5) is 0 Å². The van der Waals surface area contributed by atoms with Crippen LogP contribution in [0.25, 0.3) is 10.9 Å². The Bertz CT molecular complexity index is 938. The molecule has 2 aromatic carbocycles. The summed E-state index contributed by atoms with van der Waals surface area (Å²) in [6, 6.07) is 15.7. The van der Waals surface area contributed by atoms with E-state index >= 15 is 0 Å². The molecule has 3 aromatic rings. The Hall–Kier alpha value is -3.41. The lowest BCUT2D eigenvalue weighted by Crippen LogP contribution is -2.45. The number of aromatic nitrogens is 1. The standard InChI is InChI=1S/C20H19N3O3/c1-26-16-8-6-13(7-9-16)10-18(19(21)24)23-20(25)15-11-14-4-2-3-5-17(14)22-12-15/h2-9,11-12,18H,10H2,1H3,(H2,21,24)(H,23,25)/t18-/m0/s1. The van der Waals surface area contributed by atoms with Gasteiger partial charge in [-0.15, -0.1) is 0 Å². The van der Waals surface area contributed by atoms with Crippen molar-refractivity contribution in [2.24, 2.45) is 5.73 Å². The summed E-state index contributed by atoms with van der Waals surface area (Å²) in [7, 11) is 1.58. The van der Waals surface area contributed by atoms with Gasteiger partial charge in [0.2, 0.25) is 5.91 Å². The highest BCUT2D eigenvalue weighted by atomic mass is 16.5. The van der Waals surface area contributed by atoms with E-state index in [1.807, 2.05) is 36.4 Å². The van der Waals surface area contributed by atoms with Crippen LogP contribution in [-0.2, 0) is 11.2 Å². The van der Waals surface area contributed by atoms with Crippen molar-refractivity contribution < 1.29 is 14.3 Å². The van der Waals surface area contributed by atoms with E-state index in [2.05, 4.69) is 10.3 Å². The number of para-hydroxylation sites is 1. The fourth-order valence-electron chi connectivity index (χ4n) is 2.66. The van der Waals surface area contributed by atoms with E-state index in [1.165, 1.54) is 6.20 Å². The Morgan fingerprint density at radius 2 is 1.88 bits per heavy atom. The molecule has 6 heteroatoms. The number of pyridine rings is 1. The number of nitrogens with one attached hydrogen (secondary N) is 1.